The van der Waals surface area contributed by atoms with Crippen LogP contribution in [0.2, 0.25) is 0 Å². The van der Waals surface area contributed by atoms with Gasteiger partial charge < -0.3 is 0 Å². The van der Waals surface area contributed by atoms with Crippen molar-refractivity contribution in [3.8, 4) is 0 Å². The van der Waals surface area contributed by atoms with E-state index in [4.69, 9.17) is 0 Å². The van der Waals surface area contributed by atoms with E-state index in [-0.39, 0.29) is 7.43 Å². The molecule has 0 radical (unpaired) electrons. The van der Waals surface area contributed by atoms with Gasteiger partial charge in [0.05, 0.1) is 0 Å². The van der Waals surface area contributed by atoms with Crippen molar-refractivity contribution in [2.75, 3.05) is 0 Å². The van der Waals surface area contributed by atoms with Gasteiger partial charge in [-0.05, 0) is 21.5 Å². The lowest BCUT2D eigenvalue weighted by molar-refractivity contribution is 2.03. The minimum Gasteiger partial charge on any atom is -0.152 e. The first kappa shape index (κ1) is 10.4. The van der Waals surface area contributed by atoms with Crippen molar-refractivity contribution in [3.63, 3.8) is 0 Å². The van der Waals surface area contributed by atoms with Gasteiger partial charge in [-0.1, -0.05) is 31.7 Å². The molecule has 0 nitrogen and oxygen atoms in total. The lowest BCUT2D eigenvalue weighted by Gasteiger charge is -1.39. The fourth-order valence-corrected chi connectivity index (χ4v) is 1.36. The monoisotopic (exact) mass is 184 g/mol. The van der Waals surface area contributed by atoms with Gasteiger partial charge in [0.2, 0.25) is 0 Å². The minimum absolute atomic E-state index is 0. The van der Waals surface area contributed by atoms with Crippen molar-refractivity contribution in [1.82, 2.24) is 0 Å². The van der Waals surface area contributed by atoms with Crippen LogP contribution in [-0.2, 0) is 0 Å². The van der Waals surface area contributed by atoms with E-state index in [1.165, 1.54) is 0 Å². The van der Waals surface area contributed by atoms with E-state index in [9.17, 15) is 0 Å². The molecular formula is C9H12S2. The largest absolute Gasteiger partial charge is 0.152 e. The van der Waals surface area contributed by atoms with Gasteiger partial charge >= 0.3 is 0 Å². The highest BCUT2D eigenvalue weighted by Crippen LogP contribution is 1.92. The van der Waals surface area contributed by atoms with Crippen LogP contribution < -0.4 is 0 Å². The molecule has 0 aromatic carbocycles. The Kier molecular flexibility index (Phi) is 7.10. The van der Waals surface area contributed by atoms with Crippen LogP contribution in [0.5, 0.6) is 0 Å². The van der Waals surface area contributed by atoms with E-state index in [1.54, 1.807) is 22.7 Å². The van der Waals surface area contributed by atoms with Gasteiger partial charge in [-0.2, -0.15) is 22.7 Å². The summed E-state index contributed by atoms with van der Waals surface area (Å²) in [6.45, 7) is 0. The summed E-state index contributed by atoms with van der Waals surface area (Å²) in [7, 11) is 0. The van der Waals surface area contributed by atoms with Gasteiger partial charge in [-0.15, -0.1) is 0 Å². The zero-order valence-corrected chi connectivity index (χ0v) is 7.07. The second-order valence-corrected chi connectivity index (χ2v) is 3.22. The van der Waals surface area contributed by atoms with E-state index < -0.39 is 0 Å². The highest BCUT2D eigenvalue weighted by Gasteiger charge is 1.59. The summed E-state index contributed by atoms with van der Waals surface area (Å²) >= 11 is 3.43. The molecular weight excluding hydrogens is 172 g/mol. The smallest absolute Gasteiger partial charge is 0.00934 e. The molecule has 11 heavy (non-hydrogen) atoms. The first-order chi connectivity index (χ1) is 5.00. The first-order valence-corrected chi connectivity index (χ1v) is 4.83. The fraction of sp³-hybridized carbons (Fsp3) is 0.111. The summed E-state index contributed by atoms with van der Waals surface area (Å²) in [6, 6.07) is 8.07. The molecule has 0 atom stereocenters. The summed E-state index contributed by atoms with van der Waals surface area (Å²) in [5, 5.41) is 8.17. The zero-order chi connectivity index (χ0) is 7.07. The standard InChI is InChI=1S/2C4H4S.CH4/c2*1-2-4-5-3-1;/h2*1-4H;1H4. The molecule has 0 amide bonds. The molecule has 0 aliphatic rings. The van der Waals surface area contributed by atoms with Crippen molar-refractivity contribution in [2.45, 2.75) is 7.43 Å². The second kappa shape index (κ2) is 7.51. The molecule has 2 heteroatoms. The van der Waals surface area contributed by atoms with Gasteiger partial charge in [0.1, 0.15) is 0 Å². The van der Waals surface area contributed by atoms with Crippen LogP contribution in [0.3, 0.4) is 0 Å². The average molecular weight is 184 g/mol. The molecule has 0 saturated heterocycles. The molecule has 2 aromatic rings. The van der Waals surface area contributed by atoms with Gasteiger partial charge in [0.25, 0.3) is 0 Å². The number of thiophene rings is 2. The summed E-state index contributed by atoms with van der Waals surface area (Å²) in [6.07, 6.45) is 0. The molecule has 0 fully saturated rings. The van der Waals surface area contributed by atoms with Gasteiger partial charge in [-0.3, -0.25) is 0 Å². The van der Waals surface area contributed by atoms with Crippen LogP contribution in [0.25, 0.3) is 0 Å². The predicted molar refractivity (Wildman–Crippen MR) is 55.4 cm³/mol. The maximum absolute atomic E-state index is 2.04. The van der Waals surface area contributed by atoms with Crippen LogP contribution in [0, 0.1) is 0 Å². The lowest BCUT2D eigenvalue weighted by Crippen LogP contribution is -1.16. The lowest BCUT2D eigenvalue weighted by atomic mass is 10.7. The Morgan fingerprint density at radius 1 is 0.545 bits per heavy atom. The van der Waals surface area contributed by atoms with E-state index in [1.807, 2.05) is 45.8 Å². The van der Waals surface area contributed by atoms with E-state index in [2.05, 4.69) is 0 Å². The van der Waals surface area contributed by atoms with Crippen LogP contribution in [0.4, 0.5) is 0 Å². The highest BCUT2D eigenvalue weighted by molar-refractivity contribution is 7.08. The van der Waals surface area contributed by atoms with Crippen molar-refractivity contribution < 1.29 is 0 Å². The Morgan fingerprint density at radius 2 is 0.818 bits per heavy atom. The number of rotatable bonds is 0. The van der Waals surface area contributed by atoms with E-state index in [0.29, 0.717) is 0 Å². The third kappa shape index (κ3) is 5.83. The summed E-state index contributed by atoms with van der Waals surface area (Å²) in [5.74, 6) is 0. The quantitative estimate of drug-likeness (QED) is 0.577. The average Bonchev–Trinajstić information content (AvgIpc) is 2.67. The second-order valence-electron chi connectivity index (χ2n) is 1.59. The maximum Gasteiger partial charge on any atom is -0.00934 e. The molecule has 0 N–H and O–H groups in total. The van der Waals surface area contributed by atoms with Crippen LogP contribution in [0.1, 0.15) is 7.43 Å². The minimum atomic E-state index is 0. The van der Waals surface area contributed by atoms with Crippen LogP contribution in [-0.4, -0.2) is 0 Å². The molecule has 60 valence electrons. The summed E-state index contributed by atoms with van der Waals surface area (Å²) in [4.78, 5) is 0. The zero-order valence-electron chi connectivity index (χ0n) is 5.44. The normalized spacial score (nSPS) is 7.27. The molecule has 0 aliphatic heterocycles. The Bertz CT molecular complexity index is 147. The van der Waals surface area contributed by atoms with Crippen molar-refractivity contribution in [2.24, 2.45) is 0 Å². The molecule has 0 saturated carbocycles. The molecule has 2 rings (SSSR count). The van der Waals surface area contributed by atoms with Crippen molar-refractivity contribution in [3.05, 3.63) is 45.8 Å². The first-order valence-electron chi connectivity index (χ1n) is 2.94. The third-order valence-electron chi connectivity index (χ3n) is 0.851. The Morgan fingerprint density at radius 3 is 0.909 bits per heavy atom. The summed E-state index contributed by atoms with van der Waals surface area (Å²) < 4.78 is 0. The van der Waals surface area contributed by atoms with Crippen LogP contribution in [0.15, 0.2) is 45.8 Å². The summed E-state index contributed by atoms with van der Waals surface area (Å²) in [5.41, 5.74) is 0. The Balaban J connectivity index is 0.000000167. The van der Waals surface area contributed by atoms with Crippen molar-refractivity contribution >= 4 is 22.7 Å². The maximum atomic E-state index is 2.04. The molecule has 0 aliphatic carbocycles. The number of hydrogen-bond donors (Lipinski definition) is 0. The Labute approximate surface area is 76.1 Å². The van der Waals surface area contributed by atoms with Crippen molar-refractivity contribution in [1.29, 1.82) is 0 Å². The molecule has 0 bridgehead atoms. The fourth-order valence-electron chi connectivity index (χ4n) is 0.454. The third-order valence-corrected chi connectivity index (χ3v) is 2.11. The topological polar surface area (TPSA) is 0 Å². The van der Waals surface area contributed by atoms with Gasteiger partial charge in [0.15, 0.2) is 0 Å². The van der Waals surface area contributed by atoms with Gasteiger partial charge in [-0.25, -0.2) is 0 Å². The molecule has 2 aromatic heterocycles. The van der Waals surface area contributed by atoms with Crippen LogP contribution >= 0.6 is 22.7 Å². The van der Waals surface area contributed by atoms with E-state index in [0.717, 1.165) is 0 Å². The molecule has 0 unspecified atom stereocenters. The Hall–Kier alpha value is -0.600. The number of hydrogen-bond acceptors (Lipinski definition) is 2. The molecule has 2 heterocycles. The highest BCUT2D eigenvalue weighted by atomic mass is 32.1. The van der Waals surface area contributed by atoms with Gasteiger partial charge in [0, 0.05) is 0 Å². The predicted octanol–water partition coefficient (Wildman–Crippen LogP) is 4.13. The SMILES string of the molecule is C.c1ccsc1.c1ccsc1. The molecule has 0 spiro atoms. The van der Waals surface area contributed by atoms with E-state index >= 15 is 0 Å².